The van der Waals surface area contributed by atoms with Crippen molar-refractivity contribution in [3.63, 3.8) is 0 Å². The number of carbonyl (C=O) groups is 4. The van der Waals surface area contributed by atoms with Crippen LogP contribution in [-0.2, 0) is 32.2 Å². The quantitative estimate of drug-likeness (QED) is 0.193. The number of nitrogens with zero attached hydrogens (tertiary/aromatic N) is 1. The summed E-state index contributed by atoms with van der Waals surface area (Å²) in [7, 11) is 0. The highest BCUT2D eigenvalue weighted by atomic mass is 16.5. The van der Waals surface area contributed by atoms with E-state index in [1.807, 2.05) is 19.1 Å². The van der Waals surface area contributed by atoms with Crippen LogP contribution in [0.25, 0.3) is 0 Å². The smallest absolute Gasteiger partial charge is 0.254 e. The molecule has 4 amide bonds. The Morgan fingerprint density at radius 3 is 2.67 bits per heavy atom. The largest absolute Gasteiger partial charge is 0.381 e. The van der Waals surface area contributed by atoms with Crippen molar-refractivity contribution < 1.29 is 23.9 Å². The van der Waals surface area contributed by atoms with Crippen molar-refractivity contribution in [2.24, 2.45) is 5.92 Å². The Kier molecular flexibility index (Phi) is 13.4. The minimum absolute atomic E-state index is 0.00542. The number of amides is 4. The fraction of sp³-hybridized carbons (Fsp3) is 0.667. The van der Waals surface area contributed by atoms with Crippen molar-refractivity contribution in [3.8, 4) is 0 Å². The monoisotopic (exact) mass is 542 g/mol. The van der Waals surface area contributed by atoms with Crippen LogP contribution in [0.15, 0.2) is 18.2 Å². The Morgan fingerprint density at radius 1 is 1.08 bits per heavy atom. The Morgan fingerprint density at radius 2 is 1.87 bits per heavy atom. The van der Waals surface area contributed by atoms with Crippen LogP contribution in [0.3, 0.4) is 0 Å². The summed E-state index contributed by atoms with van der Waals surface area (Å²) in [5.74, 6) is 0.157. The number of rotatable bonds is 18. The molecule has 1 saturated carbocycles. The van der Waals surface area contributed by atoms with Crippen molar-refractivity contribution in [3.05, 3.63) is 34.9 Å². The van der Waals surface area contributed by atoms with Crippen LogP contribution in [0.4, 0.5) is 0 Å². The van der Waals surface area contributed by atoms with Gasteiger partial charge >= 0.3 is 0 Å². The second-order valence-electron chi connectivity index (χ2n) is 10.8. The third-order valence-electron chi connectivity index (χ3n) is 7.75. The molecule has 1 aliphatic heterocycles. The van der Waals surface area contributed by atoms with Gasteiger partial charge in [-0.25, -0.2) is 0 Å². The lowest BCUT2D eigenvalue weighted by atomic mass is 9.89. The highest BCUT2D eigenvalue weighted by Crippen LogP contribution is 2.27. The fourth-order valence-corrected chi connectivity index (χ4v) is 5.36. The number of benzene rings is 1. The molecular weight excluding hydrogens is 496 g/mol. The van der Waals surface area contributed by atoms with Crippen LogP contribution in [0.2, 0.25) is 0 Å². The molecule has 39 heavy (non-hydrogen) atoms. The highest BCUT2D eigenvalue weighted by molar-refractivity contribution is 5.98. The van der Waals surface area contributed by atoms with E-state index in [2.05, 4.69) is 22.0 Å². The van der Waals surface area contributed by atoms with Gasteiger partial charge in [0.05, 0.1) is 0 Å². The number of unbranched alkanes of at least 4 members (excludes halogenated alkanes) is 2. The number of ether oxygens (including phenoxy) is 1. The summed E-state index contributed by atoms with van der Waals surface area (Å²) >= 11 is 0. The number of carbonyl (C=O) groups excluding carboxylic acids is 4. The molecule has 216 valence electrons. The summed E-state index contributed by atoms with van der Waals surface area (Å²) in [6.45, 7) is 6.31. The molecule has 1 aromatic carbocycles. The third-order valence-corrected chi connectivity index (χ3v) is 7.75. The zero-order valence-corrected chi connectivity index (χ0v) is 23.5. The second-order valence-corrected chi connectivity index (χ2v) is 10.8. The van der Waals surface area contributed by atoms with Gasteiger partial charge in [-0.1, -0.05) is 31.4 Å². The van der Waals surface area contributed by atoms with Crippen molar-refractivity contribution in [2.45, 2.75) is 96.7 Å². The molecule has 1 fully saturated rings. The van der Waals surface area contributed by atoms with Crippen molar-refractivity contribution in [2.75, 3.05) is 26.3 Å². The average molecular weight is 543 g/mol. The van der Waals surface area contributed by atoms with E-state index in [-0.39, 0.29) is 36.1 Å². The number of nitrogens with one attached hydrogen (secondary N) is 3. The first-order valence-corrected chi connectivity index (χ1v) is 14.7. The topological polar surface area (TPSA) is 117 Å². The Hall–Kier alpha value is -2.78. The first kappa shape index (κ1) is 30.8. The summed E-state index contributed by atoms with van der Waals surface area (Å²) in [6.07, 6.45) is 10.9. The maximum atomic E-state index is 12.8. The van der Waals surface area contributed by atoms with E-state index in [4.69, 9.17) is 4.74 Å². The van der Waals surface area contributed by atoms with Crippen molar-refractivity contribution in [1.29, 1.82) is 0 Å². The lowest BCUT2D eigenvalue weighted by Crippen LogP contribution is -2.34. The predicted octanol–water partition coefficient (Wildman–Crippen LogP) is 3.45. The van der Waals surface area contributed by atoms with Crippen LogP contribution in [0.5, 0.6) is 0 Å². The summed E-state index contributed by atoms with van der Waals surface area (Å²) in [5, 5.41) is 8.68. The normalized spacial score (nSPS) is 16.1. The molecule has 3 rings (SSSR count). The van der Waals surface area contributed by atoms with E-state index < -0.39 is 0 Å². The fourth-order valence-electron chi connectivity index (χ4n) is 5.36. The van der Waals surface area contributed by atoms with Gasteiger partial charge < -0.3 is 20.3 Å². The van der Waals surface area contributed by atoms with Gasteiger partial charge in [0.1, 0.15) is 0 Å². The van der Waals surface area contributed by atoms with Crippen molar-refractivity contribution >= 4 is 24.1 Å². The maximum absolute atomic E-state index is 12.8. The molecule has 0 radical (unpaired) electrons. The molecule has 1 aromatic rings. The van der Waals surface area contributed by atoms with E-state index in [0.29, 0.717) is 19.4 Å². The molecule has 9 nitrogen and oxygen atoms in total. The first-order valence-electron chi connectivity index (χ1n) is 14.7. The molecule has 0 spiro atoms. The number of hydrogen-bond acceptors (Lipinski definition) is 6. The average Bonchev–Trinajstić information content (AvgIpc) is 3.28. The molecule has 0 aromatic heterocycles. The Bertz CT molecular complexity index is 947. The molecule has 2 aliphatic rings. The van der Waals surface area contributed by atoms with Gasteiger partial charge in [-0.2, -0.15) is 0 Å². The maximum Gasteiger partial charge on any atom is 0.254 e. The van der Waals surface area contributed by atoms with E-state index in [1.165, 1.54) is 19.3 Å². The van der Waals surface area contributed by atoms with Crippen LogP contribution < -0.4 is 16.0 Å². The Balaban J connectivity index is 1.20. The third kappa shape index (κ3) is 10.4. The molecule has 9 heteroatoms. The second kappa shape index (κ2) is 17.0. The molecule has 1 unspecified atom stereocenters. The van der Waals surface area contributed by atoms with E-state index >= 15 is 0 Å². The molecule has 1 aliphatic carbocycles. The lowest BCUT2D eigenvalue weighted by molar-refractivity contribution is -0.126. The SMILES string of the molecule is CC(CCC(=O)NC=O)N1Cc2cc(CNCCCOCCCCCNC(=O)C3CCCCC3)ccc2C1=O. The summed E-state index contributed by atoms with van der Waals surface area (Å²) in [6, 6.07) is 5.88. The van der Waals surface area contributed by atoms with Crippen LogP contribution in [-0.4, -0.2) is 61.4 Å². The van der Waals surface area contributed by atoms with Gasteiger partial charge in [-0.15, -0.1) is 0 Å². The number of hydrogen-bond donors (Lipinski definition) is 3. The minimum atomic E-state index is -0.328. The van der Waals surface area contributed by atoms with Gasteiger partial charge in [0, 0.05) is 56.8 Å². The molecule has 1 atom stereocenters. The molecular formula is C30H46N4O5. The summed E-state index contributed by atoms with van der Waals surface area (Å²) in [4.78, 5) is 48.6. The minimum Gasteiger partial charge on any atom is -0.381 e. The van der Waals surface area contributed by atoms with Crippen LogP contribution >= 0.6 is 0 Å². The van der Waals surface area contributed by atoms with Crippen LogP contribution in [0.1, 0.15) is 99.0 Å². The molecule has 0 bridgehead atoms. The van der Waals surface area contributed by atoms with Gasteiger partial charge in [-0.3, -0.25) is 24.5 Å². The van der Waals surface area contributed by atoms with Crippen molar-refractivity contribution in [1.82, 2.24) is 20.9 Å². The molecule has 1 heterocycles. The first-order chi connectivity index (χ1) is 19.0. The van der Waals surface area contributed by atoms with E-state index in [0.717, 1.165) is 88.1 Å². The standard InChI is InChI=1S/C30H46N4O5/c1-23(11-14-28(36)33-22-35)34-21-26-19-24(12-13-27(26)30(34)38)20-31-15-8-18-39-17-7-3-6-16-32-29(37)25-9-4-2-5-10-25/h12-13,19,22-23,25,31H,2-11,14-18,20-21H2,1H3,(H,32,37)(H,33,35,36). The van der Waals surface area contributed by atoms with E-state index in [9.17, 15) is 19.2 Å². The van der Waals surface area contributed by atoms with Gasteiger partial charge in [0.2, 0.25) is 18.2 Å². The number of fused-ring (bicyclic) bond motifs is 1. The van der Waals surface area contributed by atoms with Crippen LogP contribution in [0, 0.1) is 5.92 Å². The van der Waals surface area contributed by atoms with E-state index in [1.54, 1.807) is 4.90 Å². The summed E-state index contributed by atoms with van der Waals surface area (Å²) < 4.78 is 5.75. The number of imide groups is 1. The molecule has 0 saturated heterocycles. The lowest BCUT2D eigenvalue weighted by Gasteiger charge is -2.23. The zero-order valence-electron chi connectivity index (χ0n) is 23.5. The zero-order chi connectivity index (χ0) is 27.9. The molecule has 3 N–H and O–H groups in total. The van der Waals surface area contributed by atoms with Gasteiger partial charge in [0.15, 0.2) is 0 Å². The predicted molar refractivity (Wildman–Crippen MR) is 150 cm³/mol. The summed E-state index contributed by atoms with van der Waals surface area (Å²) in [5.41, 5.74) is 2.88. The highest BCUT2D eigenvalue weighted by Gasteiger charge is 2.30. The van der Waals surface area contributed by atoms with Gasteiger partial charge in [0.25, 0.3) is 5.91 Å². The Labute approximate surface area is 232 Å². The van der Waals surface area contributed by atoms with Gasteiger partial charge in [-0.05, 0) is 75.6 Å².